The second-order valence-electron chi connectivity index (χ2n) is 6.29. The molecule has 2 fully saturated rings. The Labute approximate surface area is 137 Å². The molecule has 2 nitrogen and oxygen atoms in total. The summed E-state index contributed by atoms with van der Waals surface area (Å²) in [6.45, 7) is 6.49. The first-order chi connectivity index (χ1) is 10.3. The minimum absolute atomic E-state index is 0.185. The van der Waals surface area contributed by atoms with Crippen LogP contribution in [0.1, 0.15) is 49.6 Å². The van der Waals surface area contributed by atoms with Gasteiger partial charge in [-0.15, -0.1) is 11.3 Å². The summed E-state index contributed by atoms with van der Waals surface area (Å²) in [4.78, 5) is 1.58. The largest absolute Gasteiger partial charge is 0.374 e. The van der Waals surface area contributed by atoms with E-state index >= 15 is 0 Å². The lowest BCUT2D eigenvalue weighted by molar-refractivity contribution is -0.0852. The summed E-state index contributed by atoms with van der Waals surface area (Å²) in [6, 6.07) is 2.83. The zero-order chi connectivity index (χ0) is 14.7. The van der Waals surface area contributed by atoms with E-state index in [0.717, 1.165) is 25.5 Å². The van der Waals surface area contributed by atoms with E-state index in [-0.39, 0.29) is 5.60 Å². The van der Waals surface area contributed by atoms with E-state index in [1.807, 2.05) is 11.3 Å². The van der Waals surface area contributed by atoms with Crippen LogP contribution in [0.2, 0.25) is 0 Å². The van der Waals surface area contributed by atoms with Crippen LogP contribution in [0, 0.1) is 5.92 Å². The Morgan fingerprint density at radius 2 is 2.38 bits per heavy atom. The Hall–Kier alpha value is -0.0300. The molecule has 0 saturated carbocycles. The number of hydrogen-bond donors (Lipinski definition) is 1. The van der Waals surface area contributed by atoms with Crippen molar-refractivity contribution in [3.63, 3.8) is 0 Å². The molecule has 0 aliphatic carbocycles. The van der Waals surface area contributed by atoms with E-state index in [9.17, 15) is 0 Å². The number of aryl methyl sites for hydroxylation is 1. The van der Waals surface area contributed by atoms with Crippen LogP contribution in [0.25, 0.3) is 0 Å². The highest BCUT2D eigenvalue weighted by atomic mass is 32.2. The monoisotopic (exact) mass is 325 g/mol. The highest BCUT2D eigenvalue weighted by molar-refractivity contribution is 7.99. The molecule has 3 atom stereocenters. The van der Waals surface area contributed by atoms with Crippen molar-refractivity contribution in [1.29, 1.82) is 0 Å². The van der Waals surface area contributed by atoms with Gasteiger partial charge in [-0.05, 0) is 60.9 Å². The van der Waals surface area contributed by atoms with Crippen LogP contribution in [0.5, 0.6) is 0 Å². The molecule has 3 rings (SSSR count). The third-order valence-electron chi connectivity index (χ3n) is 4.94. The van der Waals surface area contributed by atoms with Gasteiger partial charge in [0.15, 0.2) is 0 Å². The summed E-state index contributed by atoms with van der Waals surface area (Å²) in [7, 11) is 0. The molecule has 0 amide bonds. The minimum atomic E-state index is 0.185. The zero-order valence-electron chi connectivity index (χ0n) is 13.2. The molecule has 21 heavy (non-hydrogen) atoms. The molecule has 118 valence electrons. The van der Waals surface area contributed by atoms with Gasteiger partial charge in [-0.2, -0.15) is 11.8 Å². The number of hydrogen-bond acceptors (Lipinski definition) is 4. The topological polar surface area (TPSA) is 21.3 Å². The molecular weight excluding hydrogens is 298 g/mol. The highest BCUT2D eigenvalue weighted by Gasteiger charge is 2.43. The summed E-state index contributed by atoms with van der Waals surface area (Å²) in [6.07, 6.45) is 4.83. The average molecular weight is 326 g/mol. The summed E-state index contributed by atoms with van der Waals surface area (Å²) in [5, 5.41) is 6.05. The van der Waals surface area contributed by atoms with E-state index < -0.39 is 0 Å². The van der Waals surface area contributed by atoms with Crippen molar-refractivity contribution in [2.75, 3.05) is 24.7 Å². The van der Waals surface area contributed by atoms with Crippen molar-refractivity contribution < 1.29 is 4.74 Å². The van der Waals surface area contributed by atoms with Crippen molar-refractivity contribution in [2.45, 2.75) is 51.2 Å². The second-order valence-corrected chi connectivity index (χ2v) is 8.34. The standard InChI is InChI=1S/C17H27NOS2/c1-3-13-6-9-21-16(13)15(18-4-2)14-5-8-19-17(11-14)7-10-20-12-17/h6,9,14-15,18H,3-5,7-8,10-12H2,1-2H3. The van der Waals surface area contributed by atoms with Gasteiger partial charge in [-0.1, -0.05) is 13.8 Å². The lowest BCUT2D eigenvalue weighted by Crippen LogP contribution is -2.43. The van der Waals surface area contributed by atoms with Crippen LogP contribution in [0.3, 0.4) is 0 Å². The van der Waals surface area contributed by atoms with Gasteiger partial charge in [0, 0.05) is 23.3 Å². The van der Waals surface area contributed by atoms with Gasteiger partial charge >= 0.3 is 0 Å². The summed E-state index contributed by atoms with van der Waals surface area (Å²) < 4.78 is 6.21. The summed E-state index contributed by atoms with van der Waals surface area (Å²) in [5.74, 6) is 3.20. The number of ether oxygens (including phenoxy) is 1. The molecule has 1 N–H and O–H groups in total. The van der Waals surface area contributed by atoms with Crippen LogP contribution in [0.4, 0.5) is 0 Å². The van der Waals surface area contributed by atoms with Crippen molar-refractivity contribution in [1.82, 2.24) is 5.32 Å². The van der Waals surface area contributed by atoms with Gasteiger partial charge < -0.3 is 10.1 Å². The smallest absolute Gasteiger partial charge is 0.0783 e. The third-order valence-corrected chi connectivity index (χ3v) is 7.20. The first-order valence-corrected chi connectivity index (χ1v) is 10.3. The third kappa shape index (κ3) is 3.34. The van der Waals surface area contributed by atoms with Crippen molar-refractivity contribution in [3.8, 4) is 0 Å². The molecule has 2 saturated heterocycles. The quantitative estimate of drug-likeness (QED) is 0.874. The van der Waals surface area contributed by atoms with Crippen LogP contribution in [-0.4, -0.2) is 30.3 Å². The fourth-order valence-corrected chi connectivity index (χ4v) is 6.36. The molecule has 1 aromatic rings. The van der Waals surface area contributed by atoms with Gasteiger partial charge in [0.2, 0.25) is 0 Å². The van der Waals surface area contributed by atoms with Crippen molar-refractivity contribution >= 4 is 23.1 Å². The maximum Gasteiger partial charge on any atom is 0.0783 e. The Kier molecular flexibility index (Phi) is 5.31. The van der Waals surface area contributed by atoms with Crippen LogP contribution >= 0.6 is 23.1 Å². The number of nitrogens with one attached hydrogen (secondary N) is 1. The molecule has 4 heteroatoms. The SMILES string of the molecule is CCNC(c1sccc1CC)C1CCOC2(CCSC2)C1. The molecule has 2 aliphatic heterocycles. The Bertz CT molecular complexity index is 453. The minimum Gasteiger partial charge on any atom is -0.374 e. The predicted molar refractivity (Wildman–Crippen MR) is 93.5 cm³/mol. The molecule has 1 aromatic heterocycles. The fourth-order valence-electron chi connectivity index (χ4n) is 3.82. The van der Waals surface area contributed by atoms with E-state index in [2.05, 4.69) is 42.4 Å². The first kappa shape index (κ1) is 15.9. The predicted octanol–water partition coefficient (Wildman–Crippen LogP) is 4.26. The number of thioether (sulfide) groups is 1. The van der Waals surface area contributed by atoms with Crippen LogP contribution in [0.15, 0.2) is 11.4 Å². The van der Waals surface area contributed by atoms with Gasteiger partial charge in [0.1, 0.15) is 0 Å². The normalized spacial score (nSPS) is 30.9. The van der Waals surface area contributed by atoms with E-state index in [1.54, 1.807) is 4.88 Å². The van der Waals surface area contributed by atoms with Crippen molar-refractivity contribution in [2.24, 2.45) is 5.92 Å². The Balaban J connectivity index is 1.80. The number of rotatable bonds is 5. The molecule has 1 spiro atoms. The van der Waals surface area contributed by atoms with E-state index in [1.165, 1.54) is 36.3 Å². The molecule has 0 radical (unpaired) electrons. The average Bonchev–Trinajstić information content (AvgIpc) is 3.14. The molecule has 3 heterocycles. The lowest BCUT2D eigenvalue weighted by Gasteiger charge is -2.41. The maximum absolute atomic E-state index is 6.21. The second kappa shape index (κ2) is 7.03. The van der Waals surface area contributed by atoms with Crippen molar-refractivity contribution in [3.05, 3.63) is 21.9 Å². The lowest BCUT2D eigenvalue weighted by atomic mass is 9.80. The summed E-state index contributed by atoms with van der Waals surface area (Å²) >= 11 is 4.01. The molecule has 3 unspecified atom stereocenters. The van der Waals surface area contributed by atoms with Crippen LogP contribution in [-0.2, 0) is 11.2 Å². The molecular formula is C17H27NOS2. The van der Waals surface area contributed by atoms with Gasteiger partial charge in [-0.25, -0.2) is 0 Å². The van der Waals surface area contributed by atoms with E-state index in [4.69, 9.17) is 4.74 Å². The van der Waals surface area contributed by atoms with E-state index in [0.29, 0.717) is 6.04 Å². The van der Waals surface area contributed by atoms with Crippen LogP contribution < -0.4 is 5.32 Å². The Morgan fingerprint density at radius 1 is 1.48 bits per heavy atom. The molecule has 0 bridgehead atoms. The molecule has 0 aromatic carbocycles. The maximum atomic E-state index is 6.21. The zero-order valence-corrected chi connectivity index (χ0v) is 14.8. The highest BCUT2D eigenvalue weighted by Crippen LogP contribution is 2.45. The fraction of sp³-hybridized carbons (Fsp3) is 0.765. The molecule has 2 aliphatic rings. The summed E-state index contributed by atoms with van der Waals surface area (Å²) in [5.41, 5.74) is 1.72. The number of thiophene rings is 1. The first-order valence-electron chi connectivity index (χ1n) is 8.29. The van der Waals surface area contributed by atoms with Gasteiger partial charge in [-0.3, -0.25) is 0 Å². The van der Waals surface area contributed by atoms with Gasteiger partial charge in [0.25, 0.3) is 0 Å². The van der Waals surface area contributed by atoms with Gasteiger partial charge in [0.05, 0.1) is 5.60 Å². The Morgan fingerprint density at radius 3 is 3.10 bits per heavy atom.